The summed E-state index contributed by atoms with van der Waals surface area (Å²) in [5.74, 6) is 0.168. The Morgan fingerprint density at radius 2 is 1.71 bits per heavy atom. The van der Waals surface area contributed by atoms with Gasteiger partial charge in [0.2, 0.25) is 0 Å². The van der Waals surface area contributed by atoms with Crippen LogP contribution in [0.3, 0.4) is 0 Å². The summed E-state index contributed by atoms with van der Waals surface area (Å²) < 4.78 is 11.3. The highest BCUT2D eigenvalue weighted by Crippen LogP contribution is 2.44. The molecule has 3 aromatic carbocycles. The molecule has 0 radical (unpaired) electrons. The number of likely N-dealkylation sites (N-methyl/N-ethyl adjacent to an activating group) is 1. The minimum Gasteiger partial charge on any atom is -0.497 e. The van der Waals surface area contributed by atoms with Crippen LogP contribution in [0, 0.1) is 5.92 Å². The van der Waals surface area contributed by atoms with Gasteiger partial charge in [0, 0.05) is 38.6 Å². The number of rotatable bonds is 6. The maximum absolute atomic E-state index is 13.0. The van der Waals surface area contributed by atoms with Gasteiger partial charge < -0.3 is 24.4 Å². The average molecular weight is 558 g/mol. The Hall–Kier alpha value is -2.35. The molecule has 0 amide bonds. The zero-order valence-electron chi connectivity index (χ0n) is 21.8. The maximum atomic E-state index is 13.0. The van der Waals surface area contributed by atoms with Crippen molar-refractivity contribution in [3.05, 3.63) is 75.8 Å². The lowest BCUT2D eigenvalue weighted by Gasteiger charge is -2.46. The summed E-state index contributed by atoms with van der Waals surface area (Å²) >= 11 is 12.5. The zero-order chi connectivity index (χ0) is 26.9. The third-order valence-corrected chi connectivity index (χ3v) is 8.76. The standard InChI is InChI=1S/C30H34Cl2N2O4/c1-33-12-14-34(15-13-33)19-23-18-25(38-29(35)28-26(31)4-3-5-27(28)32)10-11-30(23,36)22-8-6-21-17-24(37-2)9-7-20(21)16-22/h3-9,16-17,23,25,36H,10-15,18-19H2,1-2H3. The summed E-state index contributed by atoms with van der Waals surface area (Å²) in [7, 11) is 3.79. The first-order chi connectivity index (χ1) is 18.3. The van der Waals surface area contributed by atoms with Crippen LogP contribution in [-0.4, -0.2) is 73.9 Å². The summed E-state index contributed by atoms with van der Waals surface area (Å²) in [4.78, 5) is 17.8. The number of benzene rings is 3. The van der Waals surface area contributed by atoms with Crippen LogP contribution < -0.4 is 4.74 Å². The van der Waals surface area contributed by atoms with Gasteiger partial charge in [0.1, 0.15) is 11.9 Å². The van der Waals surface area contributed by atoms with E-state index in [0.29, 0.717) is 19.3 Å². The number of esters is 1. The molecule has 3 unspecified atom stereocenters. The van der Waals surface area contributed by atoms with Gasteiger partial charge >= 0.3 is 5.97 Å². The lowest BCUT2D eigenvalue weighted by Crippen LogP contribution is -2.52. The van der Waals surface area contributed by atoms with Gasteiger partial charge in [-0.3, -0.25) is 0 Å². The number of carbonyl (C=O) groups is 1. The molecule has 1 aliphatic carbocycles. The van der Waals surface area contributed by atoms with E-state index in [9.17, 15) is 9.90 Å². The van der Waals surface area contributed by atoms with Crippen molar-refractivity contribution in [1.82, 2.24) is 9.80 Å². The highest BCUT2D eigenvalue weighted by molar-refractivity contribution is 6.39. The number of methoxy groups -OCH3 is 1. The van der Waals surface area contributed by atoms with E-state index in [2.05, 4.69) is 22.9 Å². The summed E-state index contributed by atoms with van der Waals surface area (Å²) in [6.07, 6.45) is 1.25. The minimum atomic E-state index is -1.04. The number of halogens is 2. The third kappa shape index (κ3) is 5.65. The molecule has 202 valence electrons. The van der Waals surface area contributed by atoms with Crippen LogP contribution in [0.2, 0.25) is 10.0 Å². The molecule has 2 fully saturated rings. The Morgan fingerprint density at radius 1 is 1.03 bits per heavy atom. The summed E-state index contributed by atoms with van der Waals surface area (Å²) in [5, 5.41) is 14.9. The second-order valence-corrected chi connectivity index (χ2v) is 11.4. The first-order valence-electron chi connectivity index (χ1n) is 13.1. The number of carbonyl (C=O) groups excluding carboxylic acids is 1. The molecule has 1 heterocycles. The van der Waals surface area contributed by atoms with Crippen LogP contribution in [-0.2, 0) is 10.3 Å². The van der Waals surface area contributed by atoms with Gasteiger partial charge in [-0.25, -0.2) is 4.79 Å². The van der Waals surface area contributed by atoms with Crippen LogP contribution in [0.5, 0.6) is 5.75 Å². The van der Waals surface area contributed by atoms with Crippen LogP contribution in [0.4, 0.5) is 0 Å². The van der Waals surface area contributed by atoms with Crippen LogP contribution in [0.15, 0.2) is 54.6 Å². The number of hydrogen-bond acceptors (Lipinski definition) is 6. The smallest absolute Gasteiger partial charge is 0.341 e. The molecule has 1 saturated heterocycles. The summed E-state index contributed by atoms with van der Waals surface area (Å²) in [6, 6.07) is 17.1. The number of ether oxygens (including phenoxy) is 2. The molecule has 3 aromatic rings. The Kier molecular flexibility index (Phi) is 8.17. The topological polar surface area (TPSA) is 62.2 Å². The lowest BCUT2D eigenvalue weighted by atomic mass is 9.70. The summed E-state index contributed by atoms with van der Waals surface area (Å²) in [5.41, 5.74) is 0.0491. The molecular weight excluding hydrogens is 523 g/mol. The molecule has 3 atom stereocenters. The Morgan fingerprint density at radius 3 is 2.42 bits per heavy atom. The Balaban J connectivity index is 1.41. The van der Waals surface area contributed by atoms with Crippen molar-refractivity contribution in [2.75, 3.05) is 46.9 Å². The SMILES string of the molecule is COc1ccc2cc(C3(O)CCC(OC(=O)c4c(Cl)cccc4Cl)CC3CN3CCN(C)CC3)ccc2c1. The van der Waals surface area contributed by atoms with E-state index >= 15 is 0 Å². The van der Waals surface area contributed by atoms with E-state index in [1.54, 1.807) is 25.3 Å². The third-order valence-electron chi connectivity index (χ3n) is 8.13. The predicted octanol–water partition coefficient (Wildman–Crippen LogP) is 5.62. The molecule has 5 rings (SSSR count). The molecule has 6 nitrogen and oxygen atoms in total. The molecule has 38 heavy (non-hydrogen) atoms. The number of hydrogen-bond donors (Lipinski definition) is 1. The van der Waals surface area contributed by atoms with E-state index in [1.807, 2.05) is 30.3 Å². The van der Waals surface area contributed by atoms with Gasteiger partial charge in [-0.15, -0.1) is 0 Å². The fourth-order valence-electron chi connectivity index (χ4n) is 5.79. The van der Waals surface area contributed by atoms with E-state index in [0.717, 1.165) is 54.8 Å². The van der Waals surface area contributed by atoms with Crippen molar-refractivity contribution < 1.29 is 19.4 Å². The van der Waals surface area contributed by atoms with Gasteiger partial charge in [0.25, 0.3) is 0 Å². The quantitative estimate of drug-likeness (QED) is 0.398. The predicted molar refractivity (Wildman–Crippen MR) is 151 cm³/mol. The van der Waals surface area contributed by atoms with Gasteiger partial charge in [0.05, 0.1) is 28.3 Å². The van der Waals surface area contributed by atoms with E-state index < -0.39 is 11.6 Å². The highest BCUT2D eigenvalue weighted by atomic mass is 35.5. The lowest BCUT2D eigenvalue weighted by molar-refractivity contribution is -0.100. The van der Waals surface area contributed by atoms with Crippen LogP contribution in [0.25, 0.3) is 10.8 Å². The number of aliphatic hydroxyl groups is 1. The number of nitrogens with zero attached hydrogens (tertiary/aromatic N) is 2. The van der Waals surface area contributed by atoms with Gasteiger partial charge in [-0.1, -0.05) is 47.5 Å². The largest absolute Gasteiger partial charge is 0.497 e. The first kappa shape index (κ1) is 27.2. The van der Waals surface area contributed by atoms with Crippen molar-refractivity contribution in [2.24, 2.45) is 5.92 Å². The fourth-order valence-corrected chi connectivity index (χ4v) is 6.35. The van der Waals surface area contributed by atoms with Crippen LogP contribution in [0.1, 0.15) is 35.2 Å². The Bertz CT molecular complexity index is 1290. The van der Waals surface area contributed by atoms with Crippen molar-refractivity contribution in [2.45, 2.75) is 31.0 Å². The highest BCUT2D eigenvalue weighted by Gasteiger charge is 2.45. The molecule has 0 bridgehead atoms. The number of fused-ring (bicyclic) bond motifs is 1. The normalized spacial score (nSPS) is 24.9. The number of piperazine rings is 1. The Labute approximate surface area is 234 Å². The molecule has 8 heteroatoms. The van der Waals surface area contributed by atoms with E-state index in [4.69, 9.17) is 32.7 Å². The molecule has 1 aliphatic heterocycles. The second-order valence-electron chi connectivity index (χ2n) is 10.6. The van der Waals surface area contributed by atoms with Gasteiger partial charge in [-0.2, -0.15) is 0 Å². The first-order valence-corrected chi connectivity index (χ1v) is 13.9. The summed E-state index contributed by atoms with van der Waals surface area (Å²) in [6.45, 7) is 4.60. The second kappa shape index (κ2) is 11.4. The fraction of sp³-hybridized carbons (Fsp3) is 0.433. The van der Waals surface area contributed by atoms with Crippen molar-refractivity contribution in [1.29, 1.82) is 0 Å². The van der Waals surface area contributed by atoms with Crippen LogP contribution >= 0.6 is 23.2 Å². The zero-order valence-corrected chi connectivity index (χ0v) is 23.3. The van der Waals surface area contributed by atoms with Crippen molar-refractivity contribution in [3.63, 3.8) is 0 Å². The van der Waals surface area contributed by atoms with E-state index in [-0.39, 0.29) is 27.6 Å². The molecular formula is C30H34Cl2N2O4. The van der Waals surface area contributed by atoms with E-state index in [1.165, 1.54) is 0 Å². The van der Waals surface area contributed by atoms with Gasteiger partial charge in [-0.05, 0) is 73.0 Å². The minimum absolute atomic E-state index is 0.116. The molecule has 1 saturated carbocycles. The van der Waals surface area contributed by atoms with Gasteiger partial charge in [0.15, 0.2) is 0 Å². The molecule has 0 spiro atoms. The molecule has 2 aliphatic rings. The maximum Gasteiger partial charge on any atom is 0.341 e. The van der Waals surface area contributed by atoms with Crippen molar-refractivity contribution >= 4 is 39.9 Å². The molecule has 1 N–H and O–H groups in total. The van der Waals surface area contributed by atoms with Crippen molar-refractivity contribution in [3.8, 4) is 5.75 Å². The monoisotopic (exact) mass is 556 g/mol. The average Bonchev–Trinajstić information content (AvgIpc) is 2.91. The molecule has 0 aromatic heterocycles.